The zero-order valence-corrected chi connectivity index (χ0v) is 14.6. The zero-order valence-electron chi connectivity index (χ0n) is 14.6. The summed E-state index contributed by atoms with van der Waals surface area (Å²) in [7, 11) is 0. The van der Waals surface area contributed by atoms with Gasteiger partial charge in [0.2, 0.25) is 11.4 Å². The highest BCUT2D eigenvalue weighted by molar-refractivity contribution is 6.04. The zero-order chi connectivity index (χ0) is 17.5. The summed E-state index contributed by atoms with van der Waals surface area (Å²) in [4.78, 5) is 4.32. The fourth-order valence-electron chi connectivity index (χ4n) is 3.53. The molecule has 2 aromatic carbocycles. The minimum atomic E-state index is 0.680. The Bertz CT molecular complexity index is 1210. The molecule has 0 bridgehead atoms. The predicted molar refractivity (Wildman–Crippen MR) is 104 cm³/mol. The van der Waals surface area contributed by atoms with Crippen LogP contribution in [0.4, 0.5) is 17.1 Å². The molecule has 1 aliphatic heterocycles. The van der Waals surface area contributed by atoms with E-state index in [-0.39, 0.29) is 0 Å². The molecule has 0 atom stereocenters. The molecule has 26 heavy (non-hydrogen) atoms. The summed E-state index contributed by atoms with van der Waals surface area (Å²) in [6, 6.07) is 22.2. The second kappa shape index (κ2) is 5.94. The maximum absolute atomic E-state index is 5.95. The number of hydrogen-bond donors (Lipinski definition) is 0. The van der Waals surface area contributed by atoms with Gasteiger partial charge in [0.15, 0.2) is 6.54 Å². The highest BCUT2D eigenvalue weighted by Crippen LogP contribution is 2.35. The average molecular weight is 341 g/mol. The van der Waals surface area contributed by atoms with Crippen LogP contribution in [-0.4, -0.2) is 22.1 Å². The first-order chi connectivity index (χ1) is 12.8. The highest BCUT2D eigenvalue weighted by atomic mass is 16.3. The van der Waals surface area contributed by atoms with Crippen molar-refractivity contribution in [1.29, 1.82) is 0 Å². The number of furan rings is 1. The van der Waals surface area contributed by atoms with Crippen molar-refractivity contribution in [2.75, 3.05) is 6.54 Å². The number of para-hydroxylation sites is 2. The lowest BCUT2D eigenvalue weighted by Gasteiger charge is -1.95. The summed E-state index contributed by atoms with van der Waals surface area (Å²) in [6.07, 6.45) is 4.07. The van der Waals surface area contributed by atoms with E-state index in [2.05, 4.69) is 69.5 Å². The second-order valence-corrected chi connectivity index (χ2v) is 6.57. The Balaban J connectivity index is 1.68. The van der Waals surface area contributed by atoms with Crippen LogP contribution in [0, 0.1) is 0 Å². The molecule has 0 N–H and O–H groups in total. The molecular formula is C22H19N3O+2. The van der Waals surface area contributed by atoms with Gasteiger partial charge in [-0.2, -0.15) is 0 Å². The van der Waals surface area contributed by atoms with E-state index < -0.39 is 0 Å². The van der Waals surface area contributed by atoms with E-state index in [9.17, 15) is 0 Å². The molecule has 126 valence electrons. The van der Waals surface area contributed by atoms with Crippen molar-refractivity contribution in [3.8, 4) is 0 Å². The lowest BCUT2D eigenvalue weighted by atomic mass is 10.1. The van der Waals surface area contributed by atoms with Gasteiger partial charge in [0.05, 0.1) is 6.07 Å². The first kappa shape index (κ1) is 15.1. The fraction of sp³-hybridized carbons (Fsp3) is 0.182. The summed E-state index contributed by atoms with van der Waals surface area (Å²) in [6.45, 7) is 3.18. The quantitative estimate of drug-likeness (QED) is 0.462. The van der Waals surface area contributed by atoms with Crippen LogP contribution in [0.2, 0.25) is 0 Å². The molecule has 0 spiro atoms. The lowest BCUT2D eigenvalue weighted by molar-refractivity contribution is -0.431. The van der Waals surface area contributed by atoms with Crippen LogP contribution in [0.15, 0.2) is 65.2 Å². The van der Waals surface area contributed by atoms with Crippen molar-refractivity contribution in [2.45, 2.75) is 19.8 Å². The summed E-state index contributed by atoms with van der Waals surface area (Å²) in [5.74, 6) is 0. The average Bonchev–Trinajstić information content (AvgIpc) is 3.24. The van der Waals surface area contributed by atoms with Crippen molar-refractivity contribution in [3.05, 3.63) is 60.8 Å². The lowest BCUT2D eigenvalue weighted by Crippen LogP contribution is -2.04. The van der Waals surface area contributed by atoms with Gasteiger partial charge in [-0.05, 0) is 22.8 Å². The van der Waals surface area contributed by atoms with Crippen molar-refractivity contribution in [2.24, 2.45) is 0 Å². The molecule has 2 aromatic heterocycles. The van der Waals surface area contributed by atoms with E-state index in [0.717, 1.165) is 47.1 Å². The van der Waals surface area contributed by atoms with E-state index in [0.29, 0.717) is 5.71 Å². The van der Waals surface area contributed by atoms with Gasteiger partial charge in [-0.15, -0.1) is 0 Å². The van der Waals surface area contributed by atoms with Crippen molar-refractivity contribution < 1.29 is 8.99 Å². The maximum atomic E-state index is 5.95. The molecule has 1 aliphatic rings. The molecule has 4 nitrogen and oxygen atoms in total. The predicted octanol–water partition coefficient (Wildman–Crippen LogP) is 5.45. The van der Waals surface area contributed by atoms with Gasteiger partial charge in [0.25, 0.3) is 11.4 Å². The maximum Gasteiger partial charge on any atom is 0.496 e. The van der Waals surface area contributed by atoms with E-state index >= 15 is 0 Å². The third-order valence-corrected chi connectivity index (χ3v) is 4.86. The van der Waals surface area contributed by atoms with Gasteiger partial charge in [-0.3, -0.25) is 0 Å². The molecule has 0 saturated heterocycles. The Kier molecular flexibility index (Phi) is 3.44. The summed E-state index contributed by atoms with van der Waals surface area (Å²) >= 11 is 0. The Morgan fingerprint density at radius 2 is 1.88 bits per heavy atom. The topological polar surface area (TPSA) is 32.0 Å². The third-order valence-electron chi connectivity index (χ3n) is 4.86. The van der Waals surface area contributed by atoms with Crippen LogP contribution in [0.3, 0.4) is 0 Å². The van der Waals surface area contributed by atoms with Crippen LogP contribution in [0.25, 0.3) is 22.1 Å². The van der Waals surface area contributed by atoms with Gasteiger partial charge < -0.3 is 4.42 Å². The first-order valence-corrected chi connectivity index (χ1v) is 9.05. The van der Waals surface area contributed by atoms with Crippen LogP contribution >= 0.6 is 0 Å². The largest absolute Gasteiger partial charge is 0.496 e. The standard InChI is InChI=1S/C22H19N3O/c1-2-3-13-24-15-25(20-9-5-4-8-19(20)24)16-10-11-17-18-7-6-12-23-22(18)26-21(17)14-16/h4-12,14H,2-3,13H2,1H3/q+2. The second-order valence-electron chi connectivity index (χ2n) is 6.57. The smallest absolute Gasteiger partial charge is 0.437 e. The minimum absolute atomic E-state index is 0.680. The number of aromatic nitrogens is 1. The molecule has 0 saturated carbocycles. The molecule has 0 aliphatic carbocycles. The Labute approximate surface area is 151 Å². The van der Waals surface area contributed by atoms with Gasteiger partial charge in [-0.1, -0.05) is 30.1 Å². The van der Waals surface area contributed by atoms with Crippen molar-refractivity contribution in [1.82, 2.24) is 9.56 Å². The van der Waals surface area contributed by atoms with E-state index in [4.69, 9.17) is 4.42 Å². The molecule has 0 radical (unpaired) electrons. The van der Waals surface area contributed by atoms with Crippen LogP contribution in [0.1, 0.15) is 19.8 Å². The van der Waals surface area contributed by atoms with Gasteiger partial charge >= 0.3 is 6.01 Å². The number of pyridine rings is 1. The number of rotatable bonds is 4. The molecular weight excluding hydrogens is 322 g/mol. The van der Waals surface area contributed by atoms with Crippen LogP contribution < -0.4 is 4.58 Å². The molecule has 0 unspecified atom stereocenters. The molecule has 0 amide bonds. The minimum Gasteiger partial charge on any atom is -0.437 e. The summed E-state index contributed by atoms with van der Waals surface area (Å²) in [5.41, 5.74) is 4.93. The number of hydrogen-bond acceptors (Lipinski definition) is 2. The normalized spacial score (nSPS) is 13.1. The third kappa shape index (κ3) is 2.27. The number of benzene rings is 2. The molecule has 0 fully saturated rings. The fourth-order valence-corrected chi connectivity index (χ4v) is 3.53. The van der Waals surface area contributed by atoms with Gasteiger partial charge in [-0.25, -0.2) is 4.98 Å². The van der Waals surface area contributed by atoms with E-state index in [1.54, 1.807) is 6.20 Å². The first-order valence-electron chi connectivity index (χ1n) is 9.05. The number of unbranched alkanes of at least 4 members (excludes halogenated alkanes) is 1. The monoisotopic (exact) mass is 341 g/mol. The number of nitrogens with zero attached hydrogens (tertiary/aromatic N) is 3. The van der Waals surface area contributed by atoms with E-state index in [1.807, 2.05) is 12.1 Å². The Morgan fingerprint density at radius 1 is 1.00 bits per heavy atom. The number of fused-ring (bicyclic) bond motifs is 4. The highest BCUT2D eigenvalue weighted by Gasteiger charge is 2.34. The summed E-state index contributed by atoms with van der Waals surface area (Å²) in [5, 5.41) is 2.14. The molecule has 3 heterocycles. The van der Waals surface area contributed by atoms with Crippen molar-refractivity contribution in [3.63, 3.8) is 0 Å². The van der Waals surface area contributed by atoms with Gasteiger partial charge in [0, 0.05) is 41.6 Å². The SMILES string of the molecule is CCCC[N+]1=C=[N+](c2ccc3c(c2)oc2ncccc23)c2ccccc21. The van der Waals surface area contributed by atoms with Crippen molar-refractivity contribution >= 4 is 45.1 Å². The molecule has 4 aromatic rings. The Morgan fingerprint density at radius 3 is 2.77 bits per heavy atom. The Hall–Kier alpha value is -3.23. The van der Waals surface area contributed by atoms with Crippen LogP contribution in [0.5, 0.6) is 0 Å². The molecule has 4 heteroatoms. The molecule has 5 rings (SSSR count). The van der Waals surface area contributed by atoms with E-state index in [1.165, 1.54) is 5.69 Å². The van der Waals surface area contributed by atoms with Gasteiger partial charge in [0.1, 0.15) is 5.58 Å². The summed E-state index contributed by atoms with van der Waals surface area (Å²) < 4.78 is 10.3. The van der Waals surface area contributed by atoms with Crippen LogP contribution in [-0.2, 0) is 0 Å².